The van der Waals surface area contributed by atoms with Gasteiger partial charge in [-0.3, -0.25) is 19.3 Å². The second-order valence-electron chi connectivity index (χ2n) is 8.62. The number of β-lactam (4-membered cyclic amide) rings is 1. The molecule has 9 nitrogen and oxygen atoms in total. The van der Waals surface area contributed by atoms with Crippen LogP contribution in [-0.4, -0.2) is 58.1 Å². The number of carbonyl (C=O) groups is 5. The predicted molar refractivity (Wildman–Crippen MR) is 129 cm³/mol. The van der Waals surface area contributed by atoms with Crippen molar-refractivity contribution in [1.29, 1.82) is 0 Å². The van der Waals surface area contributed by atoms with Gasteiger partial charge in [-0.1, -0.05) is 72.8 Å². The fraction of sp³-hybridized carbons (Fsp3) is 0.179. The molecule has 1 fully saturated rings. The molecule has 37 heavy (non-hydrogen) atoms. The molecule has 3 aromatic rings. The fourth-order valence-electron chi connectivity index (χ4n) is 4.32. The molecule has 2 heterocycles. The topological polar surface area (TPSA) is 110 Å². The summed E-state index contributed by atoms with van der Waals surface area (Å²) in [6, 6.07) is 21.2. The lowest BCUT2D eigenvalue weighted by Crippen LogP contribution is -2.70. The minimum atomic E-state index is -1.67. The van der Waals surface area contributed by atoms with Crippen LogP contribution in [0.1, 0.15) is 31.8 Å². The molecule has 0 spiro atoms. The van der Waals surface area contributed by atoms with Crippen LogP contribution in [0.5, 0.6) is 0 Å². The van der Waals surface area contributed by atoms with Gasteiger partial charge < -0.3 is 14.4 Å². The Morgan fingerprint density at radius 2 is 1.14 bits per heavy atom. The summed E-state index contributed by atoms with van der Waals surface area (Å²) in [5.74, 6) is -3.82. The van der Waals surface area contributed by atoms with E-state index in [0.717, 1.165) is 9.80 Å². The van der Waals surface area contributed by atoms with Gasteiger partial charge in [-0.15, -0.1) is 0 Å². The van der Waals surface area contributed by atoms with E-state index in [4.69, 9.17) is 9.47 Å². The molecule has 1 saturated heterocycles. The number of benzene rings is 3. The first-order chi connectivity index (χ1) is 18.0. The second kappa shape index (κ2) is 10.1. The summed E-state index contributed by atoms with van der Waals surface area (Å²) in [6.07, 6.45) is 0. The average molecular weight is 498 g/mol. The molecule has 2 aliphatic rings. The Morgan fingerprint density at radius 1 is 0.703 bits per heavy atom. The number of hydrogen-bond acceptors (Lipinski definition) is 7. The fourth-order valence-corrected chi connectivity index (χ4v) is 4.32. The summed E-state index contributed by atoms with van der Waals surface area (Å²) in [4.78, 5) is 66.7. The number of carbonyl (C=O) groups excluding carboxylic acids is 5. The molecule has 0 saturated carbocycles. The van der Waals surface area contributed by atoms with Gasteiger partial charge in [0.2, 0.25) is 11.9 Å². The van der Waals surface area contributed by atoms with Crippen molar-refractivity contribution in [2.45, 2.75) is 25.3 Å². The van der Waals surface area contributed by atoms with E-state index in [1.54, 1.807) is 60.7 Å². The molecular formula is C28H22N2O7. The van der Waals surface area contributed by atoms with Crippen molar-refractivity contribution in [2.24, 2.45) is 0 Å². The quantitative estimate of drug-likeness (QED) is 0.203. The van der Waals surface area contributed by atoms with Crippen molar-refractivity contribution in [3.63, 3.8) is 0 Å². The highest BCUT2D eigenvalue weighted by molar-refractivity contribution is 6.23. The lowest BCUT2D eigenvalue weighted by Gasteiger charge is -2.43. The van der Waals surface area contributed by atoms with Gasteiger partial charge in [-0.2, -0.15) is 0 Å². The zero-order valence-corrected chi connectivity index (χ0v) is 19.6. The summed E-state index contributed by atoms with van der Waals surface area (Å²) in [5, 5.41) is 0. The van der Waals surface area contributed by atoms with E-state index in [0.29, 0.717) is 11.1 Å². The summed E-state index contributed by atoms with van der Waals surface area (Å²) in [6.45, 7) is -0.409. The highest BCUT2D eigenvalue weighted by atomic mass is 16.6. The third-order valence-corrected chi connectivity index (χ3v) is 6.28. The number of nitrogens with zero attached hydrogens (tertiary/aromatic N) is 2. The molecule has 186 valence electrons. The largest absolute Gasteiger partial charge is 0.459 e. The standard InChI is InChI=1S/C28H22N2O7/c31-24-20-13-7-8-14-21(20)25(32)30(24)22-15-29(26(22)33)23(27(34)36-16-18-9-3-1-4-10-18)28(35)37-17-19-11-5-2-6-12-19/h1-14,22-23H,15-17H2. The molecule has 5 rings (SSSR count). The van der Waals surface area contributed by atoms with E-state index >= 15 is 0 Å². The highest BCUT2D eigenvalue weighted by Gasteiger charge is 2.54. The molecule has 3 amide bonds. The summed E-state index contributed by atoms with van der Waals surface area (Å²) in [5.41, 5.74) is 1.82. The van der Waals surface area contributed by atoms with E-state index in [9.17, 15) is 24.0 Å². The summed E-state index contributed by atoms with van der Waals surface area (Å²) >= 11 is 0. The molecule has 3 aromatic carbocycles. The maximum absolute atomic E-state index is 13.2. The number of esters is 2. The van der Waals surface area contributed by atoms with Gasteiger partial charge in [0, 0.05) is 0 Å². The zero-order chi connectivity index (χ0) is 25.9. The zero-order valence-electron chi connectivity index (χ0n) is 19.6. The van der Waals surface area contributed by atoms with Gasteiger partial charge in [-0.25, -0.2) is 9.59 Å². The van der Waals surface area contributed by atoms with Crippen LogP contribution in [0.3, 0.4) is 0 Å². The number of rotatable bonds is 8. The van der Waals surface area contributed by atoms with Crippen molar-refractivity contribution in [3.05, 3.63) is 107 Å². The van der Waals surface area contributed by atoms with E-state index in [-0.39, 0.29) is 30.9 Å². The first-order valence-corrected chi connectivity index (χ1v) is 11.6. The van der Waals surface area contributed by atoms with Crippen LogP contribution in [0, 0.1) is 0 Å². The Morgan fingerprint density at radius 3 is 1.57 bits per heavy atom. The maximum atomic E-state index is 13.2. The van der Waals surface area contributed by atoms with Crippen molar-refractivity contribution in [1.82, 2.24) is 9.80 Å². The van der Waals surface area contributed by atoms with Crippen LogP contribution in [-0.2, 0) is 37.1 Å². The van der Waals surface area contributed by atoms with Crippen LogP contribution >= 0.6 is 0 Å². The Balaban J connectivity index is 1.32. The van der Waals surface area contributed by atoms with Crippen molar-refractivity contribution < 1.29 is 33.4 Å². The van der Waals surface area contributed by atoms with Gasteiger partial charge in [0.05, 0.1) is 17.7 Å². The van der Waals surface area contributed by atoms with Crippen LogP contribution in [0.25, 0.3) is 0 Å². The molecule has 1 unspecified atom stereocenters. The molecule has 0 N–H and O–H groups in total. The van der Waals surface area contributed by atoms with E-state index in [2.05, 4.69) is 0 Å². The minimum absolute atomic E-state index is 0.105. The van der Waals surface area contributed by atoms with E-state index in [1.165, 1.54) is 12.1 Å². The Labute approximate surface area is 212 Å². The SMILES string of the molecule is O=C(OCc1ccccc1)C(C(=O)OCc1ccccc1)N1CC(N2C(=O)c3ccccc3C2=O)C1=O. The van der Waals surface area contributed by atoms with Crippen LogP contribution < -0.4 is 0 Å². The molecule has 2 aliphatic heterocycles. The number of fused-ring (bicyclic) bond motifs is 1. The lowest BCUT2D eigenvalue weighted by atomic mass is 10.0. The van der Waals surface area contributed by atoms with Crippen LogP contribution in [0.15, 0.2) is 84.9 Å². The molecule has 0 aromatic heterocycles. The van der Waals surface area contributed by atoms with Crippen LogP contribution in [0.2, 0.25) is 0 Å². The van der Waals surface area contributed by atoms with Crippen LogP contribution in [0.4, 0.5) is 0 Å². The van der Waals surface area contributed by atoms with E-state index < -0.39 is 41.7 Å². The molecule has 0 aliphatic carbocycles. The van der Waals surface area contributed by atoms with Crippen molar-refractivity contribution in [2.75, 3.05) is 6.54 Å². The normalized spacial score (nSPS) is 16.5. The molecule has 9 heteroatoms. The first kappa shape index (κ1) is 23.9. The van der Waals surface area contributed by atoms with Gasteiger partial charge >= 0.3 is 11.9 Å². The van der Waals surface area contributed by atoms with E-state index in [1.807, 2.05) is 12.1 Å². The number of imide groups is 1. The monoisotopic (exact) mass is 498 g/mol. The van der Waals surface area contributed by atoms with Gasteiger partial charge in [0.1, 0.15) is 19.3 Å². The second-order valence-corrected chi connectivity index (χ2v) is 8.62. The predicted octanol–water partition coefficient (Wildman–Crippen LogP) is 2.35. The number of amides is 3. The average Bonchev–Trinajstić information content (AvgIpc) is 3.18. The van der Waals surface area contributed by atoms with Crippen molar-refractivity contribution >= 4 is 29.7 Å². The van der Waals surface area contributed by atoms with Gasteiger partial charge in [0.25, 0.3) is 11.8 Å². The first-order valence-electron chi connectivity index (χ1n) is 11.6. The lowest BCUT2D eigenvalue weighted by molar-refractivity contribution is -0.176. The molecular weight excluding hydrogens is 476 g/mol. The van der Waals surface area contributed by atoms with Gasteiger partial charge in [0.15, 0.2) is 0 Å². The smallest absolute Gasteiger partial charge is 0.341 e. The summed E-state index contributed by atoms with van der Waals surface area (Å²) < 4.78 is 10.7. The number of hydrogen-bond donors (Lipinski definition) is 0. The highest BCUT2D eigenvalue weighted by Crippen LogP contribution is 2.30. The molecule has 0 bridgehead atoms. The van der Waals surface area contributed by atoms with Crippen molar-refractivity contribution in [3.8, 4) is 0 Å². The third kappa shape index (κ3) is 4.58. The van der Waals surface area contributed by atoms with Gasteiger partial charge in [-0.05, 0) is 23.3 Å². The Kier molecular flexibility index (Phi) is 6.51. The summed E-state index contributed by atoms with van der Waals surface area (Å²) in [7, 11) is 0. The molecule has 1 atom stereocenters. The maximum Gasteiger partial charge on any atom is 0.341 e. The molecule has 0 radical (unpaired) electrons. The Bertz CT molecular complexity index is 1280. The third-order valence-electron chi connectivity index (χ3n) is 6.28. The number of likely N-dealkylation sites (tertiary alicyclic amines) is 1. The minimum Gasteiger partial charge on any atom is -0.459 e. The Hall–Kier alpha value is -4.79. The number of ether oxygens (including phenoxy) is 2.